The molecule has 3 N–H and O–H groups in total. The molecule has 0 heterocycles. The summed E-state index contributed by atoms with van der Waals surface area (Å²) in [6.07, 6.45) is -1.30. The normalized spacial score (nSPS) is 17.2. The highest BCUT2D eigenvalue weighted by molar-refractivity contribution is 6.11. The van der Waals surface area contributed by atoms with Crippen molar-refractivity contribution in [3.63, 3.8) is 0 Å². The van der Waals surface area contributed by atoms with Crippen molar-refractivity contribution in [1.29, 1.82) is 0 Å². The van der Waals surface area contributed by atoms with Crippen molar-refractivity contribution in [3.05, 3.63) is 0 Å². The number of rotatable bonds is 4. The first-order valence-corrected chi connectivity index (χ1v) is 2.51. The molecule has 0 fully saturated rings. The smallest absolute Gasteiger partial charge is 0.177 e. The molecule has 4 nitrogen and oxygen atoms in total. The van der Waals surface area contributed by atoms with E-state index in [0.29, 0.717) is 0 Å². The highest BCUT2D eigenvalue weighted by Crippen LogP contribution is 1.89. The van der Waals surface area contributed by atoms with Crippen molar-refractivity contribution in [1.82, 2.24) is 0 Å². The minimum absolute atomic E-state index is 0.378. The summed E-state index contributed by atoms with van der Waals surface area (Å²) < 4.78 is 4.38. The van der Waals surface area contributed by atoms with E-state index in [1.165, 1.54) is 0 Å². The van der Waals surface area contributed by atoms with Crippen molar-refractivity contribution in [2.24, 2.45) is 0 Å². The quantitative estimate of drug-likeness (QED) is 0.300. The van der Waals surface area contributed by atoms with Crippen LogP contribution in [0.4, 0.5) is 0 Å². The first-order chi connectivity index (χ1) is 4.20. The zero-order chi connectivity index (χ0) is 7.28. The van der Waals surface area contributed by atoms with Crippen LogP contribution in [0.25, 0.3) is 0 Å². The molecule has 0 aliphatic rings. The summed E-state index contributed by atoms with van der Waals surface area (Å²) in [5, 5.41) is 24.9. The van der Waals surface area contributed by atoms with Gasteiger partial charge in [0.05, 0.1) is 13.2 Å². The molecule has 0 aliphatic carbocycles. The summed E-state index contributed by atoms with van der Waals surface area (Å²) in [5.41, 5.74) is 0. The van der Waals surface area contributed by atoms with Gasteiger partial charge in [-0.25, -0.2) is 0 Å². The lowest BCUT2D eigenvalue weighted by molar-refractivity contribution is -0.143. The molecule has 2 atom stereocenters. The highest BCUT2D eigenvalue weighted by Gasteiger charge is 2.05. The van der Waals surface area contributed by atoms with Gasteiger partial charge in [0.25, 0.3) is 0 Å². The van der Waals surface area contributed by atoms with E-state index in [-0.39, 0.29) is 6.61 Å². The van der Waals surface area contributed by atoms with Crippen LogP contribution >= 0.6 is 0 Å². The van der Waals surface area contributed by atoms with Gasteiger partial charge in [-0.05, 0) is 0 Å². The van der Waals surface area contributed by atoms with E-state index in [9.17, 15) is 0 Å². The molecular formula is C4H9BO4. The Kier molecular flexibility index (Phi) is 4.70. The van der Waals surface area contributed by atoms with Gasteiger partial charge in [-0.1, -0.05) is 0 Å². The Morgan fingerprint density at radius 1 is 1.33 bits per heavy atom. The second-order valence-corrected chi connectivity index (χ2v) is 1.49. The zero-order valence-electron chi connectivity index (χ0n) is 4.90. The average Bonchev–Trinajstić information content (AvgIpc) is 1.87. The third kappa shape index (κ3) is 4.41. The lowest BCUT2D eigenvalue weighted by atomic mass is 10.0. The highest BCUT2D eigenvalue weighted by atomic mass is 16.6. The number of ether oxygens (including phenoxy) is 1. The minimum atomic E-state index is -1.30. The molecule has 0 saturated heterocycles. The Balaban J connectivity index is 3.22. The second kappa shape index (κ2) is 4.75. The third-order valence-electron chi connectivity index (χ3n) is 0.668. The van der Waals surface area contributed by atoms with E-state index in [1.807, 2.05) is 0 Å². The summed E-state index contributed by atoms with van der Waals surface area (Å²) in [7, 11) is 5.01. The van der Waals surface area contributed by atoms with Crippen molar-refractivity contribution < 1.29 is 20.1 Å². The van der Waals surface area contributed by atoms with Gasteiger partial charge in [0.1, 0.15) is 7.85 Å². The van der Waals surface area contributed by atoms with Gasteiger partial charge < -0.3 is 20.1 Å². The summed E-state index contributed by atoms with van der Waals surface area (Å²) in [5.74, 6) is 0. The monoisotopic (exact) mass is 132 g/mol. The fourth-order valence-electron chi connectivity index (χ4n) is 0.288. The summed E-state index contributed by atoms with van der Waals surface area (Å²) >= 11 is 0. The molecule has 0 amide bonds. The topological polar surface area (TPSA) is 69.9 Å². The van der Waals surface area contributed by atoms with E-state index in [2.05, 4.69) is 4.74 Å². The van der Waals surface area contributed by atoms with Crippen molar-refractivity contribution in [2.45, 2.75) is 12.3 Å². The number of aliphatic hydroxyl groups excluding tert-OH is 3. The van der Waals surface area contributed by atoms with Crippen LogP contribution in [0.1, 0.15) is 0 Å². The van der Waals surface area contributed by atoms with Crippen molar-refractivity contribution >= 4 is 7.85 Å². The predicted molar refractivity (Wildman–Crippen MR) is 30.8 cm³/mol. The van der Waals surface area contributed by atoms with Crippen LogP contribution in [-0.4, -0.2) is 48.7 Å². The molecule has 52 valence electrons. The zero-order valence-corrected chi connectivity index (χ0v) is 4.90. The standard InChI is InChI=1S/C4H9BO4/c5-3(1-6)9-4(8)2-7/h3-4,6-8H,1-2H2. The van der Waals surface area contributed by atoms with Gasteiger partial charge in [0.15, 0.2) is 6.29 Å². The summed E-state index contributed by atoms with van der Waals surface area (Å²) in [4.78, 5) is 0. The Bertz CT molecular complexity index is 61.6. The van der Waals surface area contributed by atoms with E-state index < -0.39 is 18.9 Å². The number of hydrogen-bond acceptors (Lipinski definition) is 4. The summed E-state index contributed by atoms with van der Waals surface area (Å²) in [6.45, 7) is -0.898. The van der Waals surface area contributed by atoms with Crippen LogP contribution in [0.3, 0.4) is 0 Å². The molecule has 0 aliphatic heterocycles. The molecule has 0 spiro atoms. The molecule has 0 aromatic heterocycles. The van der Waals surface area contributed by atoms with Gasteiger partial charge in [-0.2, -0.15) is 0 Å². The van der Waals surface area contributed by atoms with Gasteiger partial charge in [-0.3, -0.25) is 0 Å². The Morgan fingerprint density at radius 2 is 1.89 bits per heavy atom. The van der Waals surface area contributed by atoms with Crippen LogP contribution in [0, 0.1) is 0 Å². The maximum atomic E-state index is 8.50. The lowest BCUT2D eigenvalue weighted by Gasteiger charge is -2.13. The van der Waals surface area contributed by atoms with Gasteiger partial charge >= 0.3 is 0 Å². The molecular weight excluding hydrogens is 123 g/mol. The maximum absolute atomic E-state index is 8.50. The molecule has 0 aromatic rings. The fourth-order valence-corrected chi connectivity index (χ4v) is 0.288. The first-order valence-electron chi connectivity index (χ1n) is 2.51. The molecule has 2 unspecified atom stereocenters. The fraction of sp³-hybridized carbons (Fsp3) is 1.00. The van der Waals surface area contributed by atoms with E-state index in [1.54, 1.807) is 0 Å². The van der Waals surface area contributed by atoms with Gasteiger partial charge in [0, 0.05) is 6.00 Å². The van der Waals surface area contributed by atoms with E-state index in [0.717, 1.165) is 0 Å². The van der Waals surface area contributed by atoms with Crippen LogP contribution in [0.2, 0.25) is 0 Å². The minimum Gasteiger partial charge on any atom is -0.395 e. The van der Waals surface area contributed by atoms with E-state index in [4.69, 9.17) is 23.2 Å². The molecule has 0 rings (SSSR count). The third-order valence-corrected chi connectivity index (χ3v) is 0.668. The largest absolute Gasteiger partial charge is 0.395 e. The molecule has 9 heavy (non-hydrogen) atoms. The number of aliphatic hydroxyl groups is 3. The number of hydrogen-bond donors (Lipinski definition) is 3. The van der Waals surface area contributed by atoms with Crippen LogP contribution in [-0.2, 0) is 4.74 Å². The van der Waals surface area contributed by atoms with Crippen LogP contribution in [0.5, 0.6) is 0 Å². The molecule has 0 bridgehead atoms. The average molecular weight is 132 g/mol. The Labute approximate surface area is 54.5 Å². The van der Waals surface area contributed by atoms with Gasteiger partial charge in [0.2, 0.25) is 0 Å². The van der Waals surface area contributed by atoms with E-state index >= 15 is 0 Å². The summed E-state index contributed by atoms with van der Waals surface area (Å²) in [6, 6.07) is -0.924. The SMILES string of the molecule is [B]C(CO)OC(O)CO. The van der Waals surface area contributed by atoms with Crippen LogP contribution in [0.15, 0.2) is 0 Å². The lowest BCUT2D eigenvalue weighted by Crippen LogP contribution is -2.27. The van der Waals surface area contributed by atoms with Crippen molar-refractivity contribution in [2.75, 3.05) is 13.2 Å². The Hall–Kier alpha value is -0.0951. The maximum Gasteiger partial charge on any atom is 0.177 e. The molecule has 0 saturated carbocycles. The predicted octanol–water partition coefficient (Wildman–Crippen LogP) is -2.20. The van der Waals surface area contributed by atoms with Gasteiger partial charge in [-0.15, -0.1) is 0 Å². The molecule has 5 heteroatoms. The molecule has 0 aromatic carbocycles. The second-order valence-electron chi connectivity index (χ2n) is 1.49. The first kappa shape index (κ1) is 8.90. The van der Waals surface area contributed by atoms with Crippen LogP contribution < -0.4 is 0 Å². The molecule has 2 radical (unpaired) electrons. The Morgan fingerprint density at radius 3 is 2.22 bits per heavy atom. The van der Waals surface area contributed by atoms with Crippen molar-refractivity contribution in [3.8, 4) is 0 Å².